The van der Waals surface area contributed by atoms with Crippen molar-refractivity contribution in [2.24, 2.45) is 11.3 Å². The zero-order chi connectivity index (χ0) is 15.3. The van der Waals surface area contributed by atoms with Crippen molar-refractivity contribution in [3.63, 3.8) is 0 Å². The highest BCUT2D eigenvalue weighted by molar-refractivity contribution is 5.98. The Morgan fingerprint density at radius 1 is 1.40 bits per heavy atom. The molecular formula is C16H26N2O2. The molecule has 0 aliphatic carbocycles. The lowest BCUT2D eigenvalue weighted by atomic mass is 9.81. The van der Waals surface area contributed by atoms with Crippen LogP contribution in [0.3, 0.4) is 0 Å². The van der Waals surface area contributed by atoms with Crippen molar-refractivity contribution >= 4 is 17.3 Å². The SMILES string of the molecule is CCOC(=O)c1cccc(N)c1NCC(C)(C)C(C)C. The lowest BCUT2D eigenvalue weighted by Crippen LogP contribution is -2.29. The van der Waals surface area contributed by atoms with E-state index in [-0.39, 0.29) is 11.4 Å². The molecule has 0 amide bonds. The minimum atomic E-state index is -0.343. The Bertz CT molecular complexity index is 468. The van der Waals surface area contributed by atoms with E-state index >= 15 is 0 Å². The van der Waals surface area contributed by atoms with E-state index < -0.39 is 0 Å². The number of esters is 1. The van der Waals surface area contributed by atoms with Crippen molar-refractivity contribution in [3.05, 3.63) is 23.8 Å². The molecule has 0 aromatic heterocycles. The summed E-state index contributed by atoms with van der Waals surface area (Å²) < 4.78 is 5.07. The first kappa shape index (κ1) is 16.3. The molecule has 0 saturated carbocycles. The highest BCUT2D eigenvalue weighted by Gasteiger charge is 2.23. The van der Waals surface area contributed by atoms with E-state index in [0.29, 0.717) is 29.5 Å². The number of nitrogen functional groups attached to an aromatic ring is 1. The summed E-state index contributed by atoms with van der Waals surface area (Å²) in [5.74, 6) is 0.177. The average Bonchev–Trinajstić information content (AvgIpc) is 2.37. The monoisotopic (exact) mass is 278 g/mol. The lowest BCUT2D eigenvalue weighted by Gasteiger charge is -2.30. The van der Waals surface area contributed by atoms with Gasteiger partial charge in [0.1, 0.15) is 0 Å². The second-order valence-electron chi connectivity index (χ2n) is 5.99. The third-order valence-electron chi connectivity index (χ3n) is 3.88. The highest BCUT2D eigenvalue weighted by Crippen LogP contribution is 2.30. The van der Waals surface area contributed by atoms with E-state index in [1.165, 1.54) is 0 Å². The summed E-state index contributed by atoms with van der Waals surface area (Å²) in [5.41, 5.74) is 7.82. The zero-order valence-corrected chi connectivity index (χ0v) is 13.1. The molecule has 0 atom stereocenters. The van der Waals surface area contributed by atoms with Crippen LogP contribution < -0.4 is 11.1 Å². The van der Waals surface area contributed by atoms with Crippen molar-refractivity contribution in [2.45, 2.75) is 34.6 Å². The van der Waals surface area contributed by atoms with Crippen LogP contribution in [0, 0.1) is 11.3 Å². The summed E-state index contributed by atoms with van der Waals surface area (Å²) in [7, 11) is 0. The minimum Gasteiger partial charge on any atom is -0.462 e. The summed E-state index contributed by atoms with van der Waals surface area (Å²) in [6.07, 6.45) is 0. The van der Waals surface area contributed by atoms with Crippen LogP contribution in [0.15, 0.2) is 18.2 Å². The molecule has 0 spiro atoms. The predicted octanol–water partition coefficient (Wildman–Crippen LogP) is 3.54. The number of nitrogens with two attached hydrogens (primary N) is 1. The summed E-state index contributed by atoms with van der Waals surface area (Å²) in [6.45, 7) is 11.6. The van der Waals surface area contributed by atoms with Crippen LogP contribution in [0.4, 0.5) is 11.4 Å². The fraction of sp³-hybridized carbons (Fsp3) is 0.562. The van der Waals surface area contributed by atoms with Gasteiger partial charge in [-0.2, -0.15) is 0 Å². The molecule has 0 radical (unpaired) electrons. The maximum Gasteiger partial charge on any atom is 0.340 e. The van der Waals surface area contributed by atoms with Gasteiger partial charge in [0.15, 0.2) is 0 Å². The first-order chi connectivity index (χ1) is 9.29. The maximum atomic E-state index is 12.0. The molecule has 4 nitrogen and oxygen atoms in total. The molecule has 0 unspecified atom stereocenters. The van der Waals surface area contributed by atoms with Crippen LogP contribution in [-0.2, 0) is 4.74 Å². The van der Waals surface area contributed by atoms with Gasteiger partial charge >= 0.3 is 5.97 Å². The fourth-order valence-corrected chi connectivity index (χ4v) is 1.67. The molecule has 0 heterocycles. The van der Waals surface area contributed by atoms with Crippen LogP contribution >= 0.6 is 0 Å². The van der Waals surface area contributed by atoms with E-state index in [0.717, 1.165) is 6.54 Å². The summed E-state index contributed by atoms with van der Waals surface area (Å²) in [5, 5.41) is 3.32. The largest absolute Gasteiger partial charge is 0.462 e. The number of para-hydroxylation sites is 1. The summed E-state index contributed by atoms with van der Waals surface area (Å²) in [4.78, 5) is 12.0. The first-order valence-corrected chi connectivity index (χ1v) is 7.09. The molecule has 112 valence electrons. The van der Waals surface area contributed by atoms with Gasteiger partial charge in [0.2, 0.25) is 0 Å². The number of carbonyl (C=O) groups excluding carboxylic acids is 1. The molecule has 1 rings (SSSR count). The van der Waals surface area contributed by atoms with Crippen LogP contribution in [0.2, 0.25) is 0 Å². The van der Waals surface area contributed by atoms with Gasteiger partial charge in [0.05, 0.1) is 23.5 Å². The number of benzene rings is 1. The summed E-state index contributed by atoms with van der Waals surface area (Å²) >= 11 is 0. The Labute approximate surface area is 121 Å². The molecule has 0 aliphatic heterocycles. The van der Waals surface area contributed by atoms with E-state index in [1.807, 2.05) is 0 Å². The Morgan fingerprint density at radius 2 is 2.05 bits per heavy atom. The van der Waals surface area contributed by atoms with E-state index in [2.05, 4.69) is 33.0 Å². The molecule has 1 aromatic rings. The Balaban J connectivity index is 2.97. The van der Waals surface area contributed by atoms with Crippen molar-refractivity contribution in [3.8, 4) is 0 Å². The maximum absolute atomic E-state index is 12.0. The number of hydrogen-bond acceptors (Lipinski definition) is 4. The van der Waals surface area contributed by atoms with Crippen LogP contribution in [0.25, 0.3) is 0 Å². The quantitative estimate of drug-likeness (QED) is 0.617. The third kappa shape index (κ3) is 3.89. The second kappa shape index (κ2) is 6.64. The van der Waals surface area contributed by atoms with Crippen molar-refractivity contribution in [2.75, 3.05) is 24.2 Å². The van der Waals surface area contributed by atoms with Gasteiger partial charge in [-0.3, -0.25) is 0 Å². The van der Waals surface area contributed by atoms with Crippen LogP contribution in [-0.4, -0.2) is 19.1 Å². The number of hydrogen-bond donors (Lipinski definition) is 2. The second-order valence-corrected chi connectivity index (χ2v) is 5.99. The third-order valence-corrected chi connectivity index (χ3v) is 3.88. The highest BCUT2D eigenvalue weighted by atomic mass is 16.5. The van der Waals surface area contributed by atoms with Gasteiger partial charge in [-0.25, -0.2) is 4.79 Å². The summed E-state index contributed by atoms with van der Waals surface area (Å²) in [6, 6.07) is 5.28. The molecule has 4 heteroatoms. The number of anilines is 2. The molecule has 0 bridgehead atoms. The smallest absolute Gasteiger partial charge is 0.340 e. The lowest BCUT2D eigenvalue weighted by molar-refractivity contribution is 0.0527. The van der Waals surface area contributed by atoms with Crippen molar-refractivity contribution in [1.29, 1.82) is 0 Å². The molecule has 0 fully saturated rings. The van der Waals surface area contributed by atoms with Gasteiger partial charge in [0, 0.05) is 6.54 Å². The zero-order valence-electron chi connectivity index (χ0n) is 13.1. The normalized spacial score (nSPS) is 11.5. The number of rotatable bonds is 6. The van der Waals surface area contributed by atoms with Crippen molar-refractivity contribution in [1.82, 2.24) is 0 Å². The Kier molecular flexibility index (Phi) is 5.43. The number of carbonyl (C=O) groups is 1. The number of nitrogens with one attached hydrogen (secondary N) is 1. The van der Waals surface area contributed by atoms with Gasteiger partial charge in [-0.05, 0) is 30.4 Å². The van der Waals surface area contributed by atoms with Gasteiger partial charge in [-0.15, -0.1) is 0 Å². The molecule has 0 aliphatic rings. The molecule has 0 saturated heterocycles. The van der Waals surface area contributed by atoms with E-state index in [4.69, 9.17) is 10.5 Å². The molecule has 20 heavy (non-hydrogen) atoms. The average molecular weight is 278 g/mol. The Hall–Kier alpha value is -1.71. The van der Waals surface area contributed by atoms with Gasteiger partial charge in [0.25, 0.3) is 0 Å². The van der Waals surface area contributed by atoms with Crippen molar-refractivity contribution < 1.29 is 9.53 Å². The van der Waals surface area contributed by atoms with E-state index in [9.17, 15) is 4.79 Å². The molecule has 3 N–H and O–H groups in total. The number of ether oxygens (including phenoxy) is 1. The molecular weight excluding hydrogens is 252 g/mol. The van der Waals surface area contributed by atoms with Crippen LogP contribution in [0.5, 0.6) is 0 Å². The van der Waals surface area contributed by atoms with Gasteiger partial charge in [-0.1, -0.05) is 33.8 Å². The first-order valence-electron chi connectivity index (χ1n) is 7.09. The van der Waals surface area contributed by atoms with Gasteiger partial charge < -0.3 is 15.8 Å². The Morgan fingerprint density at radius 3 is 2.60 bits per heavy atom. The predicted molar refractivity (Wildman–Crippen MR) is 83.9 cm³/mol. The molecule has 1 aromatic carbocycles. The fourth-order valence-electron chi connectivity index (χ4n) is 1.67. The topological polar surface area (TPSA) is 64.3 Å². The van der Waals surface area contributed by atoms with E-state index in [1.54, 1.807) is 25.1 Å². The minimum absolute atomic E-state index is 0.105. The van der Waals surface area contributed by atoms with Crippen LogP contribution in [0.1, 0.15) is 45.0 Å². The standard InChI is InChI=1S/C16H26N2O2/c1-6-20-15(19)12-8-7-9-13(17)14(12)18-10-16(4,5)11(2)3/h7-9,11,18H,6,10,17H2,1-5H3.